The van der Waals surface area contributed by atoms with E-state index >= 15 is 0 Å². The van der Waals surface area contributed by atoms with Crippen LogP contribution in [0.4, 0.5) is 10.5 Å². The Morgan fingerprint density at radius 3 is 2.77 bits per heavy atom. The van der Waals surface area contributed by atoms with Crippen LogP contribution in [-0.2, 0) is 11.3 Å². The zero-order valence-corrected chi connectivity index (χ0v) is 14.7. The van der Waals surface area contributed by atoms with Crippen molar-refractivity contribution in [2.45, 2.75) is 45.4 Å². The van der Waals surface area contributed by atoms with Gasteiger partial charge >= 0.3 is 6.09 Å². The number of thioether (sulfide) groups is 1. The molecule has 1 fully saturated rings. The number of anilines is 1. The number of para-hydroxylation sites is 1. The normalized spacial score (nSPS) is 18.1. The van der Waals surface area contributed by atoms with E-state index in [-0.39, 0.29) is 6.09 Å². The standard InChI is InChI=1S/C17H26N2O2S/c1-17(2,3)21-16(20)19(4)11-13-7-5-6-8-15(13)18-14-9-10-22-12-14/h5-8,14,18H,9-12H2,1-4H3. The minimum atomic E-state index is -0.468. The summed E-state index contributed by atoms with van der Waals surface area (Å²) in [5.41, 5.74) is 1.77. The van der Waals surface area contributed by atoms with Crippen molar-refractivity contribution >= 4 is 23.5 Å². The van der Waals surface area contributed by atoms with Crippen molar-refractivity contribution in [1.82, 2.24) is 4.90 Å². The molecule has 0 bridgehead atoms. The van der Waals surface area contributed by atoms with Crippen molar-refractivity contribution < 1.29 is 9.53 Å². The number of hydrogen-bond acceptors (Lipinski definition) is 4. The Labute approximate surface area is 137 Å². The second-order valence-corrected chi connectivity index (χ2v) is 7.85. The number of amides is 1. The van der Waals surface area contributed by atoms with Crippen molar-refractivity contribution in [2.24, 2.45) is 0 Å². The lowest BCUT2D eigenvalue weighted by molar-refractivity contribution is 0.0285. The first-order valence-electron chi connectivity index (χ1n) is 7.71. The minimum absolute atomic E-state index is 0.293. The van der Waals surface area contributed by atoms with Crippen LogP contribution in [0.25, 0.3) is 0 Å². The summed E-state index contributed by atoms with van der Waals surface area (Å²) in [5.74, 6) is 2.37. The van der Waals surface area contributed by atoms with E-state index in [1.165, 1.54) is 12.2 Å². The van der Waals surface area contributed by atoms with Crippen LogP contribution < -0.4 is 5.32 Å². The first-order valence-corrected chi connectivity index (χ1v) is 8.87. The Balaban J connectivity index is 2.00. The molecular formula is C17H26N2O2S. The molecule has 1 unspecified atom stereocenters. The molecule has 1 aliphatic heterocycles. The topological polar surface area (TPSA) is 41.6 Å². The van der Waals surface area contributed by atoms with E-state index in [1.807, 2.05) is 44.7 Å². The van der Waals surface area contributed by atoms with Crippen LogP contribution in [-0.4, -0.2) is 41.2 Å². The molecule has 0 radical (unpaired) electrons. The van der Waals surface area contributed by atoms with Crippen LogP contribution in [0.2, 0.25) is 0 Å². The number of hydrogen-bond donors (Lipinski definition) is 1. The summed E-state index contributed by atoms with van der Waals surface area (Å²) in [7, 11) is 1.77. The van der Waals surface area contributed by atoms with Gasteiger partial charge in [0.2, 0.25) is 0 Å². The summed E-state index contributed by atoms with van der Waals surface area (Å²) in [6.45, 7) is 6.18. The summed E-state index contributed by atoms with van der Waals surface area (Å²) in [6.07, 6.45) is 0.902. The fourth-order valence-electron chi connectivity index (χ4n) is 2.33. The number of ether oxygens (including phenoxy) is 1. The molecule has 22 heavy (non-hydrogen) atoms. The van der Waals surface area contributed by atoms with Crippen molar-refractivity contribution in [3.63, 3.8) is 0 Å². The molecule has 0 aromatic heterocycles. The molecule has 0 aliphatic carbocycles. The van der Waals surface area contributed by atoms with Gasteiger partial charge in [-0.25, -0.2) is 4.79 Å². The van der Waals surface area contributed by atoms with E-state index in [2.05, 4.69) is 17.4 Å². The van der Waals surface area contributed by atoms with E-state index in [0.29, 0.717) is 12.6 Å². The predicted octanol–water partition coefficient (Wildman–Crippen LogP) is 3.97. The van der Waals surface area contributed by atoms with Gasteiger partial charge in [-0.3, -0.25) is 0 Å². The highest BCUT2D eigenvalue weighted by molar-refractivity contribution is 7.99. The number of carbonyl (C=O) groups is 1. The molecule has 0 spiro atoms. The predicted molar refractivity (Wildman–Crippen MR) is 93.5 cm³/mol. The first-order chi connectivity index (χ1) is 10.3. The third kappa shape index (κ3) is 5.13. The van der Waals surface area contributed by atoms with Gasteiger partial charge in [-0.05, 0) is 44.6 Å². The molecule has 1 heterocycles. The molecule has 5 heteroatoms. The van der Waals surface area contributed by atoms with E-state index in [4.69, 9.17) is 4.74 Å². The van der Waals surface area contributed by atoms with E-state index in [1.54, 1.807) is 11.9 Å². The Morgan fingerprint density at radius 2 is 2.14 bits per heavy atom. The zero-order valence-electron chi connectivity index (χ0n) is 13.9. The van der Waals surface area contributed by atoms with Gasteiger partial charge in [-0.15, -0.1) is 0 Å². The largest absolute Gasteiger partial charge is 0.444 e. The molecule has 1 amide bonds. The van der Waals surface area contributed by atoms with E-state index < -0.39 is 5.60 Å². The van der Waals surface area contributed by atoms with E-state index in [0.717, 1.165) is 17.0 Å². The lowest BCUT2D eigenvalue weighted by Crippen LogP contribution is -2.34. The number of rotatable bonds is 4. The second kappa shape index (κ2) is 7.27. The van der Waals surface area contributed by atoms with Crippen LogP contribution in [0, 0.1) is 0 Å². The molecule has 1 aromatic rings. The van der Waals surface area contributed by atoms with Gasteiger partial charge in [0.1, 0.15) is 5.60 Å². The highest BCUT2D eigenvalue weighted by atomic mass is 32.2. The summed E-state index contributed by atoms with van der Waals surface area (Å²) in [5, 5.41) is 3.60. The van der Waals surface area contributed by atoms with Crippen LogP contribution >= 0.6 is 11.8 Å². The fourth-order valence-corrected chi connectivity index (χ4v) is 3.48. The molecule has 1 saturated heterocycles. The van der Waals surface area contributed by atoms with Crippen molar-refractivity contribution in [2.75, 3.05) is 23.9 Å². The molecule has 1 atom stereocenters. The summed E-state index contributed by atoms with van der Waals surface area (Å²) in [4.78, 5) is 13.7. The lowest BCUT2D eigenvalue weighted by atomic mass is 10.1. The molecule has 1 aliphatic rings. The highest BCUT2D eigenvalue weighted by Crippen LogP contribution is 2.24. The van der Waals surface area contributed by atoms with E-state index in [9.17, 15) is 4.79 Å². The second-order valence-electron chi connectivity index (χ2n) is 6.70. The van der Waals surface area contributed by atoms with Crippen molar-refractivity contribution in [1.29, 1.82) is 0 Å². The Hall–Kier alpha value is -1.36. The number of benzene rings is 1. The molecule has 1 aromatic carbocycles. The maximum atomic E-state index is 12.1. The summed E-state index contributed by atoms with van der Waals surface area (Å²) < 4.78 is 5.41. The molecule has 122 valence electrons. The highest BCUT2D eigenvalue weighted by Gasteiger charge is 2.21. The van der Waals surface area contributed by atoms with Gasteiger partial charge in [0.05, 0.1) is 6.54 Å². The van der Waals surface area contributed by atoms with Crippen LogP contribution in [0.1, 0.15) is 32.8 Å². The average molecular weight is 322 g/mol. The Bertz CT molecular complexity index is 508. The summed E-state index contributed by atoms with van der Waals surface area (Å²) in [6, 6.07) is 8.71. The van der Waals surface area contributed by atoms with Gasteiger partial charge in [0, 0.05) is 24.5 Å². The van der Waals surface area contributed by atoms with Crippen LogP contribution in [0.15, 0.2) is 24.3 Å². The molecule has 2 rings (SSSR count). The third-order valence-electron chi connectivity index (χ3n) is 3.42. The SMILES string of the molecule is CN(Cc1ccccc1NC1CCSC1)C(=O)OC(C)(C)C. The smallest absolute Gasteiger partial charge is 0.410 e. The van der Waals surface area contributed by atoms with Gasteiger partial charge in [0.15, 0.2) is 0 Å². The van der Waals surface area contributed by atoms with Crippen LogP contribution in [0.3, 0.4) is 0 Å². The summed E-state index contributed by atoms with van der Waals surface area (Å²) >= 11 is 1.99. The van der Waals surface area contributed by atoms with Crippen LogP contribution in [0.5, 0.6) is 0 Å². The number of carbonyl (C=O) groups excluding carboxylic acids is 1. The Kier molecular flexibility index (Phi) is 5.62. The van der Waals surface area contributed by atoms with Gasteiger partial charge in [-0.2, -0.15) is 11.8 Å². The average Bonchev–Trinajstić information content (AvgIpc) is 2.92. The molecular weight excluding hydrogens is 296 g/mol. The molecule has 4 nitrogen and oxygen atoms in total. The minimum Gasteiger partial charge on any atom is -0.444 e. The van der Waals surface area contributed by atoms with Gasteiger partial charge in [0.25, 0.3) is 0 Å². The monoisotopic (exact) mass is 322 g/mol. The molecule has 1 N–H and O–H groups in total. The van der Waals surface area contributed by atoms with Gasteiger partial charge < -0.3 is 15.0 Å². The van der Waals surface area contributed by atoms with Crippen molar-refractivity contribution in [3.8, 4) is 0 Å². The number of nitrogens with one attached hydrogen (secondary N) is 1. The molecule has 0 saturated carbocycles. The third-order valence-corrected chi connectivity index (χ3v) is 4.58. The first kappa shape index (κ1) is 17.0. The van der Waals surface area contributed by atoms with Gasteiger partial charge in [-0.1, -0.05) is 18.2 Å². The maximum Gasteiger partial charge on any atom is 0.410 e. The zero-order chi connectivity index (χ0) is 16.2. The Morgan fingerprint density at radius 1 is 1.41 bits per heavy atom. The lowest BCUT2D eigenvalue weighted by Gasteiger charge is -2.25. The fraction of sp³-hybridized carbons (Fsp3) is 0.588. The number of nitrogens with zero attached hydrogens (tertiary/aromatic N) is 1. The quantitative estimate of drug-likeness (QED) is 0.910. The maximum absolute atomic E-state index is 12.1. The van der Waals surface area contributed by atoms with Crippen molar-refractivity contribution in [3.05, 3.63) is 29.8 Å².